The Kier molecular flexibility index (Phi) is 8.57. The molecule has 4 atom stereocenters. The highest BCUT2D eigenvalue weighted by atomic mass is 15.0. The van der Waals surface area contributed by atoms with E-state index in [4.69, 9.17) is 0 Å². The Balaban J connectivity index is 2.16. The van der Waals surface area contributed by atoms with Crippen molar-refractivity contribution in [3.8, 4) is 11.3 Å². The first-order valence-electron chi connectivity index (χ1n) is 13.1. The highest BCUT2D eigenvalue weighted by Gasteiger charge is 2.42. The number of nitrogens with zero attached hydrogens (tertiary/aromatic N) is 1. The molecule has 1 N–H and O–H groups in total. The molecule has 0 saturated heterocycles. The quantitative estimate of drug-likeness (QED) is 0.296. The van der Waals surface area contributed by atoms with E-state index in [0.717, 1.165) is 17.8 Å². The molecule has 1 aromatic heterocycles. The molecule has 2 nitrogen and oxygen atoms in total. The first-order chi connectivity index (χ1) is 16.2. The van der Waals surface area contributed by atoms with Crippen molar-refractivity contribution in [1.82, 2.24) is 5.32 Å². The van der Waals surface area contributed by atoms with E-state index in [1.165, 1.54) is 46.4 Å². The minimum atomic E-state index is 0.215. The van der Waals surface area contributed by atoms with Gasteiger partial charge in [0, 0.05) is 29.4 Å². The number of nitrogens with one attached hydrogen (secondary N) is 1. The first kappa shape index (κ1) is 26.0. The van der Waals surface area contributed by atoms with Crippen molar-refractivity contribution in [1.29, 1.82) is 0 Å². The molecule has 2 aromatic rings. The second kappa shape index (κ2) is 11.2. The topological polar surface area (TPSA) is 15.9 Å². The Morgan fingerprint density at radius 1 is 1.15 bits per heavy atom. The van der Waals surface area contributed by atoms with Crippen molar-refractivity contribution < 1.29 is 4.57 Å². The fraction of sp³-hybridized carbons (Fsp3) is 0.469. The van der Waals surface area contributed by atoms with Gasteiger partial charge in [-0.3, -0.25) is 0 Å². The largest absolute Gasteiger partial charge is 0.363 e. The molecule has 1 aromatic carbocycles. The summed E-state index contributed by atoms with van der Waals surface area (Å²) < 4.78 is 2.56. The van der Waals surface area contributed by atoms with Gasteiger partial charge in [-0.15, -0.1) is 0 Å². The van der Waals surface area contributed by atoms with Gasteiger partial charge in [-0.25, -0.2) is 0 Å². The molecule has 0 saturated carbocycles. The van der Waals surface area contributed by atoms with Crippen LogP contribution >= 0.6 is 0 Å². The Morgan fingerprint density at radius 2 is 1.88 bits per heavy atom. The van der Waals surface area contributed by atoms with Crippen LogP contribution in [-0.2, 0) is 0 Å². The maximum atomic E-state index is 4.59. The zero-order valence-corrected chi connectivity index (χ0v) is 22.7. The third kappa shape index (κ3) is 5.37. The van der Waals surface area contributed by atoms with Crippen LogP contribution in [0.3, 0.4) is 0 Å². The van der Waals surface area contributed by atoms with Crippen molar-refractivity contribution >= 4 is 0 Å². The van der Waals surface area contributed by atoms with Crippen LogP contribution < -0.4 is 9.88 Å². The zero-order chi connectivity index (χ0) is 25.0. The van der Waals surface area contributed by atoms with Crippen LogP contribution in [0, 0.1) is 32.6 Å². The van der Waals surface area contributed by atoms with Gasteiger partial charge in [-0.05, 0) is 77.0 Å². The summed E-state index contributed by atoms with van der Waals surface area (Å²) in [4.78, 5) is 0. The van der Waals surface area contributed by atoms with E-state index >= 15 is 0 Å². The van der Waals surface area contributed by atoms with Crippen LogP contribution in [0.25, 0.3) is 11.3 Å². The summed E-state index contributed by atoms with van der Waals surface area (Å²) in [7, 11) is 0. The SMILES string of the molecule is C=C(N/C(C)=C\C)C1c2cc(C)ccc2-c2cc(C)c(C)c[n+]2C1CCC(/C=C\C)C(C)CC. The van der Waals surface area contributed by atoms with Gasteiger partial charge in [0.15, 0.2) is 12.2 Å². The fourth-order valence-corrected chi connectivity index (χ4v) is 5.42. The predicted molar refractivity (Wildman–Crippen MR) is 147 cm³/mol. The van der Waals surface area contributed by atoms with Crippen LogP contribution in [0.2, 0.25) is 0 Å². The smallest absolute Gasteiger partial charge is 0.213 e. The van der Waals surface area contributed by atoms with Gasteiger partial charge in [0.25, 0.3) is 0 Å². The Labute approximate surface area is 208 Å². The molecule has 2 heterocycles. The Bertz CT molecular complexity index is 1090. The van der Waals surface area contributed by atoms with E-state index in [0.29, 0.717) is 17.9 Å². The Hall–Kier alpha value is -2.61. The molecule has 182 valence electrons. The number of rotatable bonds is 9. The standard InChI is InChI=1S/C32H45N2/c1-10-13-27(22(5)11-2)15-17-30-32(26(9)33-25(8)12-3)29-18-21(4)14-16-28(29)31-19-23(6)24(7)20-34(30)31/h10,12-14,16,18-20,22,27,30,32-33H,9,11,15,17H2,1-8H3/q+1/b13-10-,25-12-. The number of hydrogen-bond acceptors (Lipinski definition) is 1. The molecule has 0 amide bonds. The van der Waals surface area contributed by atoms with Crippen LogP contribution in [0.5, 0.6) is 0 Å². The molecule has 2 heteroatoms. The molecule has 0 bridgehead atoms. The molecule has 0 fully saturated rings. The van der Waals surface area contributed by atoms with E-state index < -0.39 is 0 Å². The van der Waals surface area contributed by atoms with Gasteiger partial charge in [-0.1, -0.05) is 62.8 Å². The van der Waals surface area contributed by atoms with Crippen molar-refractivity contribution in [2.75, 3.05) is 0 Å². The summed E-state index contributed by atoms with van der Waals surface area (Å²) in [5, 5.41) is 3.63. The number of pyridine rings is 1. The van der Waals surface area contributed by atoms with Gasteiger partial charge in [0.05, 0.1) is 11.5 Å². The van der Waals surface area contributed by atoms with Crippen LogP contribution in [0.1, 0.15) is 88.1 Å². The minimum Gasteiger partial charge on any atom is -0.363 e. The number of aromatic nitrogens is 1. The summed E-state index contributed by atoms with van der Waals surface area (Å²) in [6.45, 7) is 22.3. The number of hydrogen-bond donors (Lipinski definition) is 1. The maximum Gasteiger partial charge on any atom is 0.213 e. The molecule has 3 rings (SSSR count). The molecule has 1 aliphatic heterocycles. The Morgan fingerprint density at radius 3 is 2.53 bits per heavy atom. The monoisotopic (exact) mass is 457 g/mol. The normalized spacial score (nSPS) is 19.5. The fourth-order valence-electron chi connectivity index (χ4n) is 5.42. The second-order valence-electron chi connectivity index (χ2n) is 10.3. The molecule has 1 aliphatic rings. The van der Waals surface area contributed by atoms with E-state index in [-0.39, 0.29) is 5.92 Å². The molecular formula is C32H45N2+. The van der Waals surface area contributed by atoms with E-state index in [1.807, 2.05) is 0 Å². The van der Waals surface area contributed by atoms with Gasteiger partial charge < -0.3 is 5.32 Å². The zero-order valence-electron chi connectivity index (χ0n) is 22.7. The lowest BCUT2D eigenvalue weighted by atomic mass is 9.76. The molecular weight excluding hydrogens is 412 g/mol. The summed E-state index contributed by atoms with van der Waals surface area (Å²) in [5.74, 6) is 1.50. The number of fused-ring (bicyclic) bond motifs is 3. The minimum absolute atomic E-state index is 0.215. The maximum absolute atomic E-state index is 4.59. The highest BCUT2D eigenvalue weighted by molar-refractivity contribution is 5.66. The average molecular weight is 458 g/mol. The van der Waals surface area contributed by atoms with Gasteiger partial charge in [0.2, 0.25) is 5.69 Å². The van der Waals surface area contributed by atoms with Crippen molar-refractivity contribution in [3.63, 3.8) is 0 Å². The lowest BCUT2D eigenvalue weighted by Gasteiger charge is -2.34. The summed E-state index contributed by atoms with van der Waals surface area (Å²) >= 11 is 0. The van der Waals surface area contributed by atoms with E-state index in [9.17, 15) is 0 Å². The average Bonchev–Trinajstić information content (AvgIpc) is 2.81. The number of allylic oxidation sites excluding steroid dienone is 5. The molecule has 0 radical (unpaired) electrons. The highest BCUT2D eigenvalue weighted by Crippen LogP contribution is 2.44. The molecule has 4 unspecified atom stereocenters. The van der Waals surface area contributed by atoms with Crippen molar-refractivity contribution in [2.45, 2.75) is 86.6 Å². The number of aryl methyl sites for hydroxylation is 3. The first-order valence-corrected chi connectivity index (χ1v) is 13.1. The van der Waals surface area contributed by atoms with Crippen LogP contribution in [-0.4, -0.2) is 0 Å². The number of benzene rings is 1. The third-order valence-electron chi connectivity index (χ3n) is 7.92. The summed E-state index contributed by atoms with van der Waals surface area (Å²) in [6.07, 6.45) is 12.7. The van der Waals surface area contributed by atoms with Crippen molar-refractivity contribution in [3.05, 3.63) is 88.9 Å². The lowest BCUT2D eigenvalue weighted by molar-refractivity contribution is -0.718. The van der Waals surface area contributed by atoms with Crippen LogP contribution in [0.15, 0.2) is 66.7 Å². The second-order valence-corrected chi connectivity index (χ2v) is 10.3. The van der Waals surface area contributed by atoms with Gasteiger partial charge in [0.1, 0.15) is 0 Å². The van der Waals surface area contributed by atoms with Gasteiger partial charge in [-0.2, -0.15) is 4.57 Å². The van der Waals surface area contributed by atoms with Crippen molar-refractivity contribution in [2.24, 2.45) is 11.8 Å². The van der Waals surface area contributed by atoms with Crippen LogP contribution in [0.4, 0.5) is 0 Å². The van der Waals surface area contributed by atoms with E-state index in [1.54, 1.807) is 0 Å². The summed E-state index contributed by atoms with van der Waals surface area (Å²) in [6, 6.07) is 9.66. The molecule has 0 aliphatic carbocycles. The van der Waals surface area contributed by atoms with E-state index in [2.05, 4.69) is 121 Å². The van der Waals surface area contributed by atoms with Gasteiger partial charge >= 0.3 is 0 Å². The summed E-state index contributed by atoms with van der Waals surface area (Å²) in [5.41, 5.74) is 10.3. The molecule has 34 heavy (non-hydrogen) atoms. The third-order valence-corrected chi connectivity index (χ3v) is 7.92. The lowest BCUT2D eigenvalue weighted by Crippen LogP contribution is -2.49. The molecule has 0 spiro atoms. The predicted octanol–water partition coefficient (Wildman–Crippen LogP) is 8.25.